The maximum Gasteiger partial charge on any atom is 0.120 e. The summed E-state index contributed by atoms with van der Waals surface area (Å²) in [4.78, 5) is 0. The first-order valence-corrected chi connectivity index (χ1v) is 7.24. The molecule has 0 saturated heterocycles. The van der Waals surface area contributed by atoms with Crippen molar-refractivity contribution < 1.29 is 9.84 Å². The van der Waals surface area contributed by atoms with Crippen LogP contribution >= 0.6 is 15.9 Å². The number of aliphatic hydroxyl groups excluding tert-OH is 1. The molecular formula is C13H15BrN2O2. The number of fused-ring (bicyclic) bond motifs is 1. The smallest absolute Gasteiger partial charge is 0.120 e. The van der Waals surface area contributed by atoms with Gasteiger partial charge in [0.1, 0.15) is 5.75 Å². The molecule has 0 unspecified atom stereocenters. The fourth-order valence-electron chi connectivity index (χ4n) is 2.33. The highest BCUT2D eigenvalue weighted by Crippen LogP contribution is 2.34. The van der Waals surface area contributed by atoms with E-state index in [0.717, 1.165) is 34.8 Å². The molecule has 1 fully saturated rings. The molecule has 0 amide bonds. The molecule has 2 aromatic rings. The maximum atomic E-state index is 9.36. The summed E-state index contributed by atoms with van der Waals surface area (Å²) in [7, 11) is 0. The Bertz CT molecular complexity index is 549. The van der Waals surface area contributed by atoms with Crippen LogP contribution in [-0.2, 0) is 0 Å². The van der Waals surface area contributed by atoms with E-state index in [2.05, 4.69) is 21.0 Å². The molecule has 18 heavy (non-hydrogen) atoms. The Hall–Kier alpha value is -1.07. The summed E-state index contributed by atoms with van der Waals surface area (Å²) in [5.41, 5.74) is 1.11. The zero-order chi connectivity index (χ0) is 12.5. The lowest BCUT2D eigenvalue weighted by molar-refractivity contribution is 0.0453. The molecule has 3 rings (SSSR count). The third kappa shape index (κ3) is 2.12. The molecule has 0 spiro atoms. The van der Waals surface area contributed by atoms with Gasteiger partial charge in [-0.1, -0.05) is 15.9 Å². The highest BCUT2D eigenvalue weighted by Gasteiger charge is 2.30. The SMILES string of the molecule is O[C@H]1C[C@H](n2ncc3cc(OCCBr)ccc32)C1. The van der Waals surface area contributed by atoms with Crippen LogP contribution in [0.15, 0.2) is 24.4 Å². The van der Waals surface area contributed by atoms with Gasteiger partial charge in [0, 0.05) is 10.7 Å². The summed E-state index contributed by atoms with van der Waals surface area (Å²) < 4.78 is 7.58. The van der Waals surface area contributed by atoms with Gasteiger partial charge in [0.2, 0.25) is 0 Å². The molecule has 4 nitrogen and oxygen atoms in total. The Morgan fingerprint density at radius 1 is 1.44 bits per heavy atom. The minimum atomic E-state index is -0.157. The Labute approximate surface area is 114 Å². The van der Waals surface area contributed by atoms with E-state index in [0.29, 0.717) is 12.6 Å². The van der Waals surface area contributed by atoms with Crippen molar-refractivity contribution in [3.8, 4) is 5.75 Å². The number of alkyl halides is 1. The number of hydrogen-bond donors (Lipinski definition) is 1. The van der Waals surface area contributed by atoms with Crippen LogP contribution < -0.4 is 4.74 Å². The molecule has 1 saturated carbocycles. The second kappa shape index (κ2) is 4.90. The van der Waals surface area contributed by atoms with E-state index in [1.54, 1.807) is 0 Å². The summed E-state index contributed by atoms with van der Waals surface area (Å²) in [6.07, 6.45) is 3.31. The summed E-state index contributed by atoms with van der Waals surface area (Å²) in [5.74, 6) is 0.871. The van der Waals surface area contributed by atoms with Gasteiger partial charge in [-0.3, -0.25) is 4.68 Å². The third-order valence-corrected chi connectivity index (χ3v) is 3.67. The standard InChI is InChI=1S/C13H15BrN2O2/c14-3-4-18-12-1-2-13-9(5-12)8-15-16(13)10-6-11(17)7-10/h1-2,5,8,10-11,17H,3-4,6-7H2/t10-,11-. The number of aromatic nitrogens is 2. The van der Waals surface area contributed by atoms with Crippen molar-refractivity contribution in [1.29, 1.82) is 0 Å². The van der Waals surface area contributed by atoms with Gasteiger partial charge in [-0.2, -0.15) is 5.10 Å². The van der Waals surface area contributed by atoms with E-state index in [4.69, 9.17) is 4.74 Å². The van der Waals surface area contributed by atoms with Gasteiger partial charge in [-0.15, -0.1) is 0 Å². The first-order valence-electron chi connectivity index (χ1n) is 6.12. The normalized spacial score (nSPS) is 23.0. The second-order valence-electron chi connectivity index (χ2n) is 4.63. The zero-order valence-electron chi connectivity index (χ0n) is 9.92. The van der Waals surface area contributed by atoms with E-state index in [1.807, 2.05) is 29.1 Å². The molecule has 1 aliphatic carbocycles. The van der Waals surface area contributed by atoms with Gasteiger partial charge in [-0.25, -0.2) is 0 Å². The maximum absolute atomic E-state index is 9.36. The highest BCUT2D eigenvalue weighted by atomic mass is 79.9. The van der Waals surface area contributed by atoms with E-state index >= 15 is 0 Å². The highest BCUT2D eigenvalue weighted by molar-refractivity contribution is 9.09. The minimum Gasteiger partial charge on any atom is -0.493 e. The minimum absolute atomic E-state index is 0.157. The molecule has 1 aliphatic rings. The molecule has 0 bridgehead atoms. The quantitative estimate of drug-likeness (QED) is 0.883. The lowest BCUT2D eigenvalue weighted by Gasteiger charge is -2.31. The van der Waals surface area contributed by atoms with Crippen LogP contribution in [0.3, 0.4) is 0 Å². The summed E-state index contributed by atoms with van der Waals surface area (Å²) in [6.45, 7) is 0.661. The van der Waals surface area contributed by atoms with E-state index < -0.39 is 0 Å². The Morgan fingerprint density at radius 2 is 2.28 bits per heavy atom. The molecule has 1 N–H and O–H groups in total. The monoisotopic (exact) mass is 310 g/mol. The average molecular weight is 311 g/mol. The molecule has 0 radical (unpaired) electrons. The van der Waals surface area contributed by atoms with Gasteiger partial charge >= 0.3 is 0 Å². The van der Waals surface area contributed by atoms with Gasteiger partial charge < -0.3 is 9.84 Å². The topological polar surface area (TPSA) is 47.3 Å². The molecule has 1 heterocycles. The fraction of sp³-hybridized carbons (Fsp3) is 0.462. The molecule has 1 aromatic carbocycles. The number of halogens is 1. The van der Waals surface area contributed by atoms with E-state index in [-0.39, 0.29) is 6.10 Å². The lowest BCUT2D eigenvalue weighted by Crippen LogP contribution is -2.31. The summed E-state index contributed by atoms with van der Waals surface area (Å²) in [5, 5.41) is 15.7. The first kappa shape index (κ1) is 12.0. The van der Waals surface area contributed by atoms with Crippen molar-refractivity contribution in [2.75, 3.05) is 11.9 Å². The van der Waals surface area contributed by atoms with Gasteiger partial charge in [0.05, 0.1) is 30.5 Å². The second-order valence-corrected chi connectivity index (χ2v) is 5.42. The predicted octanol–water partition coefficient (Wildman–Crippen LogP) is 2.51. The lowest BCUT2D eigenvalue weighted by atomic mass is 9.89. The molecular weight excluding hydrogens is 296 g/mol. The number of hydrogen-bond acceptors (Lipinski definition) is 3. The van der Waals surface area contributed by atoms with Crippen LogP contribution in [0.1, 0.15) is 18.9 Å². The van der Waals surface area contributed by atoms with E-state index in [9.17, 15) is 5.11 Å². The Morgan fingerprint density at radius 3 is 3.00 bits per heavy atom. The molecule has 1 aromatic heterocycles. The van der Waals surface area contributed by atoms with Crippen LogP contribution in [0, 0.1) is 0 Å². The molecule has 96 valence electrons. The van der Waals surface area contributed by atoms with Crippen molar-refractivity contribution in [2.24, 2.45) is 0 Å². The van der Waals surface area contributed by atoms with Gasteiger partial charge in [0.25, 0.3) is 0 Å². The number of benzene rings is 1. The van der Waals surface area contributed by atoms with Crippen molar-refractivity contribution in [3.63, 3.8) is 0 Å². The van der Waals surface area contributed by atoms with Crippen LogP contribution in [0.25, 0.3) is 10.9 Å². The largest absolute Gasteiger partial charge is 0.493 e. The van der Waals surface area contributed by atoms with Crippen LogP contribution in [-0.4, -0.2) is 32.9 Å². The fourth-order valence-corrected chi connectivity index (χ4v) is 2.49. The van der Waals surface area contributed by atoms with Crippen molar-refractivity contribution in [3.05, 3.63) is 24.4 Å². The summed E-state index contributed by atoms with van der Waals surface area (Å²) >= 11 is 3.34. The molecule has 5 heteroatoms. The molecule has 0 atom stereocenters. The number of rotatable bonds is 4. The van der Waals surface area contributed by atoms with Crippen molar-refractivity contribution >= 4 is 26.8 Å². The van der Waals surface area contributed by atoms with Crippen molar-refractivity contribution in [1.82, 2.24) is 9.78 Å². The predicted molar refractivity (Wildman–Crippen MR) is 73.3 cm³/mol. The van der Waals surface area contributed by atoms with E-state index in [1.165, 1.54) is 0 Å². The Kier molecular flexibility index (Phi) is 3.26. The number of ether oxygens (including phenoxy) is 1. The molecule has 0 aliphatic heterocycles. The number of nitrogens with zero attached hydrogens (tertiary/aromatic N) is 2. The average Bonchev–Trinajstić information content (AvgIpc) is 2.75. The third-order valence-electron chi connectivity index (χ3n) is 3.35. The zero-order valence-corrected chi connectivity index (χ0v) is 11.5. The van der Waals surface area contributed by atoms with Crippen LogP contribution in [0.4, 0.5) is 0 Å². The number of aliphatic hydroxyl groups is 1. The summed E-state index contributed by atoms with van der Waals surface area (Å²) in [6, 6.07) is 6.36. The van der Waals surface area contributed by atoms with Gasteiger partial charge in [-0.05, 0) is 31.0 Å². The van der Waals surface area contributed by atoms with Crippen LogP contribution in [0.5, 0.6) is 5.75 Å². The Balaban J connectivity index is 1.86. The van der Waals surface area contributed by atoms with Crippen LogP contribution in [0.2, 0.25) is 0 Å². The van der Waals surface area contributed by atoms with Gasteiger partial charge in [0.15, 0.2) is 0 Å². The van der Waals surface area contributed by atoms with Crippen molar-refractivity contribution in [2.45, 2.75) is 25.0 Å². The first-order chi connectivity index (χ1) is 8.78.